The maximum absolute atomic E-state index is 13.0. The van der Waals surface area contributed by atoms with Crippen molar-refractivity contribution in [3.05, 3.63) is 52.9 Å². The van der Waals surface area contributed by atoms with Gasteiger partial charge >= 0.3 is 0 Å². The van der Waals surface area contributed by atoms with E-state index in [1.807, 2.05) is 0 Å². The first-order valence-electron chi connectivity index (χ1n) is 8.93. The van der Waals surface area contributed by atoms with E-state index in [1.54, 1.807) is 49.6 Å². The fraction of sp³-hybridized carbons (Fsp3) is 0.143. The number of nitrogens with zero attached hydrogens (tertiary/aromatic N) is 2. The van der Waals surface area contributed by atoms with Crippen LogP contribution in [0.3, 0.4) is 0 Å². The number of methoxy groups -OCH3 is 2. The van der Waals surface area contributed by atoms with Gasteiger partial charge in [-0.05, 0) is 30.0 Å². The van der Waals surface area contributed by atoms with Gasteiger partial charge in [0.2, 0.25) is 5.91 Å². The number of amides is 3. The van der Waals surface area contributed by atoms with Gasteiger partial charge in [-0.15, -0.1) is 0 Å². The Labute approximate surface area is 176 Å². The van der Waals surface area contributed by atoms with Crippen LogP contribution in [0.5, 0.6) is 11.5 Å². The first-order chi connectivity index (χ1) is 14.4. The van der Waals surface area contributed by atoms with Crippen LogP contribution in [0.1, 0.15) is 12.5 Å². The topological polar surface area (TPSA) is 97.3 Å². The van der Waals surface area contributed by atoms with Gasteiger partial charge in [0, 0.05) is 18.6 Å². The molecule has 1 N–H and O–H groups in total. The van der Waals surface area contributed by atoms with Crippen molar-refractivity contribution in [1.82, 2.24) is 5.32 Å². The van der Waals surface area contributed by atoms with E-state index in [0.717, 1.165) is 16.7 Å². The number of rotatable bonds is 3. The fourth-order valence-corrected chi connectivity index (χ4v) is 4.20. The molecule has 0 bridgehead atoms. The van der Waals surface area contributed by atoms with Crippen molar-refractivity contribution in [2.45, 2.75) is 6.92 Å². The maximum Gasteiger partial charge on any atom is 0.267 e. The summed E-state index contributed by atoms with van der Waals surface area (Å²) in [6, 6.07) is 12.0. The highest BCUT2D eigenvalue weighted by molar-refractivity contribution is 8.18. The molecule has 0 atom stereocenters. The van der Waals surface area contributed by atoms with Gasteiger partial charge in [0.1, 0.15) is 17.2 Å². The van der Waals surface area contributed by atoms with Crippen LogP contribution in [-0.2, 0) is 14.4 Å². The third kappa shape index (κ3) is 3.22. The van der Waals surface area contributed by atoms with E-state index >= 15 is 0 Å². The normalized spacial score (nSPS) is 19.2. The van der Waals surface area contributed by atoms with Crippen molar-refractivity contribution in [3.8, 4) is 11.5 Å². The highest BCUT2D eigenvalue weighted by atomic mass is 32.2. The maximum atomic E-state index is 13.0. The molecular formula is C21H17N3O5S. The molecule has 0 saturated carbocycles. The Kier molecular flexibility index (Phi) is 5.04. The third-order valence-corrected chi connectivity index (χ3v) is 5.59. The molecule has 2 heterocycles. The van der Waals surface area contributed by atoms with Crippen LogP contribution in [0.4, 0.5) is 11.4 Å². The molecule has 1 saturated heterocycles. The lowest BCUT2D eigenvalue weighted by Gasteiger charge is -2.11. The van der Waals surface area contributed by atoms with E-state index in [1.165, 1.54) is 14.0 Å². The minimum absolute atomic E-state index is 0.190. The van der Waals surface area contributed by atoms with E-state index in [9.17, 15) is 14.4 Å². The first-order valence-corrected chi connectivity index (χ1v) is 9.75. The van der Waals surface area contributed by atoms with Crippen LogP contribution in [0.15, 0.2) is 52.4 Å². The van der Waals surface area contributed by atoms with Crippen molar-refractivity contribution < 1.29 is 23.9 Å². The number of nitrogens with one attached hydrogen (secondary N) is 1. The molecule has 0 spiro atoms. The van der Waals surface area contributed by atoms with Crippen molar-refractivity contribution in [2.75, 3.05) is 19.1 Å². The minimum atomic E-state index is -0.523. The molecular weight excluding hydrogens is 406 g/mol. The quantitative estimate of drug-likeness (QED) is 0.763. The second kappa shape index (κ2) is 7.68. The van der Waals surface area contributed by atoms with E-state index in [-0.39, 0.29) is 10.5 Å². The number of imide groups is 1. The number of hydrogen-bond donors (Lipinski definition) is 1. The Hall–Kier alpha value is -3.59. The van der Waals surface area contributed by atoms with Gasteiger partial charge in [-0.2, -0.15) is 0 Å². The summed E-state index contributed by atoms with van der Waals surface area (Å²) >= 11 is 1.04. The van der Waals surface area contributed by atoms with Crippen LogP contribution in [0.25, 0.3) is 5.57 Å². The van der Waals surface area contributed by atoms with Crippen molar-refractivity contribution in [3.63, 3.8) is 0 Å². The molecule has 3 amide bonds. The molecule has 4 rings (SSSR count). The molecule has 2 aromatic rings. The number of carbonyl (C=O) groups is 3. The third-order valence-electron chi connectivity index (χ3n) is 4.61. The number of benzene rings is 2. The van der Waals surface area contributed by atoms with Crippen LogP contribution in [-0.4, -0.2) is 37.1 Å². The zero-order chi connectivity index (χ0) is 21.4. The zero-order valence-electron chi connectivity index (χ0n) is 16.4. The van der Waals surface area contributed by atoms with Gasteiger partial charge < -0.3 is 14.8 Å². The summed E-state index contributed by atoms with van der Waals surface area (Å²) < 4.78 is 10.5. The largest absolute Gasteiger partial charge is 0.497 e. The number of fused-ring (bicyclic) bond motifs is 1. The summed E-state index contributed by atoms with van der Waals surface area (Å²) in [4.78, 5) is 43.4. The second-order valence-corrected chi connectivity index (χ2v) is 7.39. The Bertz CT molecular complexity index is 1160. The summed E-state index contributed by atoms with van der Waals surface area (Å²) in [6.07, 6.45) is 0. The fourth-order valence-electron chi connectivity index (χ4n) is 3.27. The minimum Gasteiger partial charge on any atom is -0.497 e. The molecule has 30 heavy (non-hydrogen) atoms. The van der Waals surface area contributed by atoms with Gasteiger partial charge in [0.25, 0.3) is 11.8 Å². The molecule has 2 aliphatic rings. The molecule has 0 aliphatic carbocycles. The van der Waals surface area contributed by atoms with E-state index in [4.69, 9.17) is 9.47 Å². The van der Waals surface area contributed by atoms with Gasteiger partial charge in [0.15, 0.2) is 5.17 Å². The number of aliphatic imine (C=N–C) groups is 1. The molecule has 0 radical (unpaired) electrons. The predicted molar refractivity (Wildman–Crippen MR) is 114 cm³/mol. The number of carbonyl (C=O) groups excluding carboxylic acids is 3. The van der Waals surface area contributed by atoms with E-state index in [0.29, 0.717) is 33.6 Å². The van der Waals surface area contributed by atoms with Gasteiger partial charge in [0.05, 0.1) is 30.4 Å². The molecule has 9 heteroatoms. The standard InChI is InChI=1S/C21H17N3O5S/c1-11(25)24-15-7-5-4-6-13(15)17(20(24)27)18-19(26)23-21(30-18)22-14-9-8-12(28-2)10-16(14)29-3/h4-10H,1-3H3,(H,22,23,26)/b18-17-. The molecule has 152 valence electrons. The molecule has 1 fully saturated rings. The van der Waals surface area contributed by atoms with Crippen LogP contribution in [0, 0.1) is 0 Å². The monoisotopic (exact) mass is 423 g/mol. The number of ether oxygens (including phenoxy) is 2. The SMILES string of the molecule is COc1ccc(N=C2NC(=O)/C(=C3/C(=O)N(C(C)=O)c4ccccc43)S2)c(OC)c1. The van der Waals surface area contributed by atoms with Crippen molar-refractivity contribution in [1.29, 1.82) is 0 Å². The average Bonchev–Trinajstić information content (AvgIpc) is 3.23. The smallest absolute Gasteiger partial charge is 0.267 e. The summed E-state index contributed by atoms with van der Waals surface area (Å²) in [7, 11) is 3.06. The van der Waals surface area contributed by atoms with Crippen LogP contribution < -0.4 is 19.7 Å². The summed E-state index contributed by atoms with van der Waals surface area (Å²) in [5.41, 5.74) is 1.69. The number of hydrogen-bond acceptors (Lipinski definition) is 7. The van der Waals surface area contributed by atoms with Gasteiger partial charge in [-0.1, -0.05) is 18.2 Å². The van der Waals surface area contributed by atoms with Gasteiger partial charge in [-0.25, -0.2) is 9.89 Å². The average molecular weight is 423 g/mol. The number of thioether (sulfide) groups is 1. The van der Waals surface area contributed by atoms with Crippen molar-refractivity contribution in [2.24, 2.45) is 4.99 Å². The zero-order valence-corrected chi connectivity index (χ0v) is 17.2. The summed E-state index contributed by atoms with van der Waals surface area (Å²) in [5, 5.41) is 2.98. The van der Waals surface area contributed by atoms with Crippen LogP contribution in [0.2, 0.25) is 0 Å². The Morgan fingerprint density at radius 2 is 1.87 bits per heavy atom. The Morgan fingerprint density at radius 3 is 2.57 bits per heavy atom. The molecule has 8 nitrogen and oxygen atoms in total. The summed E-state index contributed by atoms with van der Waals surface area (Å²) in [6.45, 7) is 1.31. The van der Waals surface area contributed by atoms with Gasteiger partial charge in [-0.3, -0.25) is 14.4 Å². The first kappa shape index (κ1) is 19.7. The highest BCUT2D eigenvalue weighted by Gasteiger charge is 2.40. The van der Waals surface area contributed by atoms with Crippen LogP contribution >= 0.6 is 11.8 Å². The van der Waals surface area contributed by atoms with Crippen molar-refractivity contribution >= 4 is 51.6 Å². The lowest BCUT2D eigenvalue weighted by atomic mass is 10.1. The molecule has 2 aromatic carbocycles. The second-order valence-electron chi connectivity index (χ2n) is 6.39. The summed E-state index contributed by atoms with van der Waals surface area (Å²) in [5.74, 6) is -0.301. The number of amidine groups is 1. The highest BCUT2D eigenvalue weighted by Crippen LogP contribution is 2.43. The predicted octanol–water partition coefficient (Wildman–Crippen LogP) is 2.86. The van der Waals surface area contributed by atoms with E-state index in [2.05, 4.69) is 10.3 Å². The molecule has 0 unspecified atom stereocenters. The molecule has 0 aromatic heterocycles. The Balaban J connectivity index is 1.76. The van der Waals surface area contributed by atoms with E-state index < -0.39 is 17.7 Å². The number of para-hydroxylation sites is 1. The Morgan fingerprint density at radius 1 is 1.10 bits per heavy atom. The number of anilines is 1. The lowest BCUT2D eigenvalue weighted by molar-refractivity contribution is -0.122. The molecule has 2 aliphatic heterocycles. The lowest BCUT2D eigenvalue weighted by Crippen LogP contribution is -2.31.